The highest BCUT2D eigenvalue weighted by atomic mass is 16.5. The van der Waals surface area contributed by atoms with Crippen molar-refractivity contribution in [2.75, 3.05) is 13.2 Å². The third kappa shape index (κ3) is 3.57. The smallest absolute Gasteiger partial charge is 0.254 e. The number of nitrogens with zero attached hydrogens (tertiary/aromatic N) is 3. The number of furan rings is 1. The first-order valence-corrected chi connectivity index (χ1v) is 11.5. The van der Waals surface area contributed by atoms with Gasteiger partial charge in [-0.1, -0.05) is 30.3 Å². The fourth-order valence-electron chi connectivity index (χ4n) is 4.84. The maximum atomic E-state index is 12.9. The van der Waals surface area contributed by atoms with Crippen LogP contribution in [0.15, 0.2) is 65.3 Å². The van der Waals surface area contributed by atoms with Gasteiger partial charge in [-0.05, 0) is 44.0 Å². The molecule has 2 atom stereocenters. The van der Waals surface area contributed by atoms with Crippen LogP contribution in [-0.4, -0.2) is 51.2 Å². The Morgan fingerprint density at radius 3 is 2.62 bits per heavy atom. The summed E-state index contributed by atoms with van der Waals surface area (Å²) in [5.74, 6) is 0.704. The van der Waals surface area contributed by atoms with Crippen LogP contribution in [0.3, 0.4) is 0 Å². The summed E-state index contributed by atoms with van der Waals surface area (Å²) >= 11 is 0. The number of hydrogen-bond acceptors (Lipinski definition) is 6. The molecule has 2 saturated heterocycles. The van der Waals surface area contributed by atoms with Crippen LogP contribution in [0.4, 0.5) is 0 Å². The van der Waals surface area contributed by atoms with Crippen LogP contribution < -0.4 is 0 Å². The highest BCUT2D eigenvalue weighted by Gasteiger charge is 2.41. The van der Waals surface area contributed by atoms with Crippen molar-refractivity contribution in [1.29, 1.82) is 0 Å². The average molecular weight is 456 g/mol. The third-order valence-electron chi connectivity index (χ3n) is 6.73. The minimum atomic E-state index is -0.961. The maximum Gasteiger partial charge on any atom is 0.254 e. The first-order valence-electron chi connectivity index (χ1n) is 11.5. The van der Waals surface area contributed by atoms with Crippen LogP contribution >= 0.6 is 0 Å². The molecule has 4 aromatic rings. The number of aliphatic hydroxyl groups is 1. The van der Waals surface area contributed by atoms with E-state index < -0.39 is 5.60 Å². The van der Waals surface area contributed by atoms with Crippen molar-refractivity contribution in [2.45, 2.75) is 38.0 Å². The summed E-state index contributed by atoms with van der Waals surface area (Å²) in [6.45, 7) is 4.81. The predicted molar refractivity (Wildman–Crippen MR) is 127 cm³/mol. The molecule has 2 aliphatic rings. The van der Waals surface area contributed by atoms with Crippen LogP contribution in [0.5, 0.6) is 0 Å². The second-order valence-corrected chi connectivity index (χ2v) is 9.57. The molecule has 0 radical (unpaired) electrons. The predicted octanol–water partition coefficient (Wildman–Crippen LogP) is 4.40. The van der Waals surface area contributed by atoms with Crippen molar-refractivity contribution in [3.05, 3.63) is 72.1 Å². The zero-order valence-electron chi connectivity index (χ0n) is 19.1. The van der Waals surface area contributed by atoms with E-state index >= 15 is 0 Å². The van der Waals surface area contributed by atoms with E-state index in [1.54, 1.807) is 13.8 Å². The fourth-order valence-corrected chi connectivity index (χ4v) is 4.84. The molecule has 172 valence electrons. The molecular formula is C27H25N3O4. The average Bonchev–Trinajstić information content (AvgIpc) is 3.58. The Labute approximate surface area is 197 Å². The van der Waals surface area contributed by atoms with Gasteiger partial charge in [0, 0.05) is 29.3 Å². The van der Waals surface area contributed by atoms with E-state index in [1.165, 1.54) is 6.33 Å². The molecule has 34 heavy (non-hydrogen) atoms. The van der Waals surface area contributed by atoms with Crippen molar-refractivity contribution in [1.82, 2.24) is 14.9 Å². The molecule has 2 fully saturated rings. The number of aromatic nitrogens is 2. The van der Waals surface area contributed by atoms with Gasteiger partial charge >= 0.3 is 0 Å². The molecule has 6 rings (SSSR count). The first kappa shape index (κ1) is 21.0. The third-order valence-corrected chi connectivity index (χ3v) is 6.73. The Morgan fingerprint density at radius 2 is 1.91 bits per heavy atom. The number of rotatable bonds is 4. The van der Waals surface area contributed by atoms with Gasteiger partial charge in [0.05, 0.1) is 24.4 Å². The molecule has 7 heteroatoms. The van der Waals surface area contributed by atoms with E-state index in [-0.39, 0.29) is 18.1 Å². The number of benzene rings is 2. The number of hydrogen-bond donors (Lipinski definition) is 1. The quantitative estimate of drug-likeness (QED) is 0.491. The molecule has 2 aromatic carbocycles. The van der Waals surface area contributed by atoms with Crippen molar-refractivity contribution in [2.24, 2.45) is 0 Å². The normalized spacial score (nSPS) is 19.8. The SMILES string of the molecule is CC(C)(O)c1cccc(-c2ncnc3cc(-c4ccc(C(=O)N5C[C@@H]6C[C@H]5CO6)cc4)oc23)c1. The summed E-state index contributed by atoms with van der Waals surface area (Å²) in [5, 5.41) is 10.4. The van der Waals surface area contributed by atoms with Gasteiger partial charge in [-0.25, -0.2) is 9.97 Å². The van der Waals surface area contributed by atoms with Crippen LogP contribution in [0, 0.1) is 0 Å². The van der Waals surface area contributed by atoms with E-state index in [0.29, 0.717) is 41.3 Å². The zero-order chi connectivity index (χ0) is 23.4. The van der Waals surface area contributed by atoms with Crippen LogP contribution in [-0.2, 0) is 10.3 Å². The summed E-state index contributed by atoms with van der Waals surface area (Å²) in [6.07, 6.45) is 2.64. The molecule has 0 spiro atoms. The molecule has 0 aliphatic carbocycles. The molecule has 0 saturated carbocycles. The monoisotopic (exact) mass is 455 g/mol. The summed E-state index contributed by atoms with van der Waals surface area (Å²) in [5.41, 5.74) is 4.14. The molecule has 2 bridgehead atoms. The lowest BCUT2D eigenvalue weighted by Gasteiger charge is -2.26. The number of carbonyl (C=O) groups excluding carboxylic acids is 1. The topological polar surface area (TPSA) is 88.7 Å². The van der Waals surface area contributed by atoms with Crippen molar-refractivity contribution >= 4 is 17.0 Å². The largest absolute Gasteiger partial charge is 0.452 e. The minimum absolute atomic E-state index is 0.0480. The van der Waals surface area contributed by atoms with Crippen LogP contribution in [0.1, 0.15) is 36.2 Å². The van der Waals surface area contributed by atoms with Crippen LogP contribution in [0.25, 0.3) is 33.7 Å². The molecule has 1 N–H and O–H groups in total. The van der Waals surface area contributed by atoms with Gasteiger partial charge in [-0.3, -0.25) is 4.79 Å². The van der Waals surface area contributed by atoms with E-state index in [1.807, 2.05) is 59.5 Å². The number of carbonyl (C=O) groups is 1. The Morgan fingerprint density at radius 1 is 1.09 bits per heavy atom. The second-order valence-electron chi connectivity index (χ2n) is 9.57. The van der Waals surface area contributed by atoms with Gasteiger partial charge in [0.1, 0.15) is 23.3 Å². The number of ether oxygens (including phenoxy) is 1. The lowest BCUT2D eigenvalue weighted by molar-refractivity contribution is 0.0259. The van der Waals surface area contributed by atoms with E-state index in [9.17, 15) is 9.90 Å². The molecule has 2 aliphatic heterocycles. The Balaban J connectivity index is 1.31. The second kappa shape index (κ2) is 7.75. The van der Waals surface area contributed by atoms with Gasteiger partial charge in [-0.15, -0.1) is 0 Å². The van der Waals surface area contributed by atoms with E-state index in [2.05, 4.69) is 9.97 Å². The van der Waals surface area contributed by atoms with Gasteiger partial charge in [-0.2, -0.15) is 0 Å². The van der Waals surface area contributed by atoms with E-state index in [4.69, 9.17) is 9.15 Å². The van der Waals surface area contributed by atoms with Gasteiger partial charge in [0.2, 0.25) is 0 Å². The number of amides is 1. The Kier molecular flexibility index (Phi) is 4.79. The maximum absolute atomic E-state index is 12.9. The fraction of sp³-hybridized carbons (Fsp3) is 0.296. The van der Waals surface area contributed by atoms with Crippen molar-refractivity contribution in [3.8, 4) is 22.6 Å². The van der Waals surface area contributed by atoms with Crippen LogP contribution in [0.2, 0.25) is 0 Å². The van der Waals surface area contributed by atoms with Crippen molar-refractivity contribution < 1.29 is 19.1 Å². The molecule has 4 heterocycles. The van der Waals surface area contributed by atoms with Gasteiger partial charge in [0.15, 0.2) is 5.58 Å². The van der Waals surface area contributed by atoms with Gasteiger partial charge < -0.3 is 19.2 Å². The zero-order valence-corrected chi connectivity index (χ0v) is 19.1. The molecule has 0 unspecified atom stereocenters. The summed E-state index contributed by atoms with van der Waals surface area (Å²) in [4.78, 5) is 23.7. The molecule has 1 amide bonds. The number of fused-ring (bicyclic) bond motifs is 3. The lowest BCUT2D eigenvalue weighted by Crippen LogP contribution is -2.41. The summed E-state index contributed by atoms with van der Waals surface area (Å²) in [7, 11) is 0. The van der Waals surface area contributed by atoms with E-state index in [0.717, 1.165) is 23.1 Å². The highest BCUT2D eigenvalue weighted by molar-refractivity contribution is 5.95. The standard InChI is InChI=1S/C27H25N3O4/c1-27(2,32)19-5-3-4-18(10-19)24-25-22(28-15-29-24)12-23(34-25)16-6-8-17(9-7-16)26(31)30-13-21-11-20(30)14-33-21/h3-10,12,15,20-21,32H,11,13-14H2,1-2H3/t20-,21-/m0/s1. The van der Waals surface area contributed by atoms with Crippen molar-refractivity contribution in [3.63, 3.8) is 0 Å². The van der Waals surface area contributed by atoms with Gasteiger partial charge in [0.25, 0.3) is 5.91 Å². The molecule has 2 aromatic heterocycles. The number of morpholine rings is 1. The Hall–Kier alpha value is -3.55. The number of likely N-dealkylation sites (tertiary alicyclic amines) is 1. The molecule has 7 nitrogen and oxygen atoms in total. The first-order chi connectivity index (χ1) is 16.4. The summed E-state index contributed by atoms with van der Waals surface area (Å²) < 4.78 is 11.8. The summed E-state index contributed by atoms with van der Waals surface area (Å²) in [6, 6.07) is 17.2. The molecular weight excluding hydrogens is 430 g/mol. The lowest BCUT2D eigenvalue weighted by atomic mass is 9.95. The highest BCUT2D eigenvalue weighted by Crippen LogP contribution is 2.34. The Bertz CT molecular complexity index is 1390. The minimum Gasteiger partial charge on any atom is -0.452 e.